The summed E-state index contributed by atoms with van der Waals surface area (Å²) in [6.45, 7) is 5.30. The molecule has 2 fully saturated rings. The molecule has 0 bridgehead atoms. The second kappa shape index (κ2) is 4.77. The molecular weight excluding hydrogens is 308 g/mol. The van der Waals surface area contributed by atoms with Gasteiger partial charge in [-0.25, -0.2) is 4.79 Å². The van der Waals surface area contributed by atoms with Crippen molar-refractivity contribution in [3.63, 3.8) is 0 Å². The van der Waals surface area contributed by atoms with Crippen LogP contribution in [0.5, 0.6) is 0 Å². The van der Waals surface area contributed by atoms with Crippen molar-refractivity contribution < 1.29 is 23.9 Å². The normalized spacial score (nSPS) is 29.0. The van der Waals surface area contributed by atoms with Crippen LogP contribution in [0, 0.1) is 6.92 Å². The smallest absolute Gasteiger partial charge is 0.327 e. The van der Waals surface area contributed by atoms with Gasteiger partial charge in [-0.1, -0.05) is 0 Å². The van der Waals surface area contributed by atoms with Crippen molar-refractivity contribution in [2.45, 2.75) is 43.0 Å². The molecule has 2 aliphatic rings. The summed E-state index contributed by atoms with van der Waals surface area (Å²) >= 11 is 1.39. The van der Waals surface area contributed by atoms with Gasteiger partial charge in [-0.2, -0.15) is 0 Å². The van der Waals surface area contributed by atoms with Crippen molar-refractivity contribution in [3.8, 4) is 0 Å². The highest BCUT2D eigenvalue weighted by molar-refractivity contribution is 8.01. The predicted octanol–water partition coefficient (Wildman–Crippen LogP) is 0.833. The Bertz CT molecular complexity index is 668. The van der Waals surface area contributed by atoms with Gasteiger partial charge in [-0.05, 0) is 32.9 Å². The Hall–Kier alpha value is -1.96. The Morgan fingerprint density at radius 3 is 2.64 bits per heavy atom. The van der Waals surface area contributed by atoms with E-state index in [2.05, 4.69) is 5.32 Å². The van der Waals surface area contributed by atoms with Gasteiger partial charge in [0.2, 0.25) is 5.91 Å². The topological polar surface area (TPSA) is 99.9 Å². The van der Waals surface area contributed by atoms with E-state index in [1.807, 2.05) is 0 Å². The van der Waals surface area contributed by atoms with E-state index >= 15 is 0 Å². The summed E-state index contributed by atoms with van der Waals surface area (Å²) in [7, 11) is 0. The monoisotopic (exact) mass is 324 g/mol. The molecule has 0 spiro atoms. The Morgan fingerprint density at radius 2 is 2.09 bits per heavy atom. The molecule has 3 heterocycles. The zero-order chi connectivity index (χ0) is 16.2. The lowest BCUT2D eigenvalue weighted by atomic mass is 9.96. The summed E-state index contributed by atoms with van der Waals surface area (Å²) in [5, 5.41) is 11.6. The Labute approximate surface area is 131 Å². The molecule has 2 amide bonds. The molecule has 1 aromatic rings. The number of carboxylic acids is 1. The fraction of sp³-hybridized carbons (Fsp3) is 0.500. The fourth-order valence-electron chi connectivity index (χ4n) is 2.91. The fourth-order valence-corrected chi connectivity index (χ4v) is 4.54. The van der Waals surface area contributed by atoms with Crippen molar-refractivity contribution in [3.05, 3.63) is 23.7 Å². The lowest BCUT2D eigenvalue weighted by molar-refractivity contribution is -0.159. The van der Waals surface area contributed by atoms with Gasteiger partial charge < -0.3 is 19.7 Å². The Kier molecular flexibility index (Phi) is 3.24. The van der Waals surface area contributed by atoms with Gasteiger partial charge in [0.1, 0.15) is 23.2 Å². The van der Waals surface area contributed by atoms with Gasteiger partial charge in [0.15, 0.2) is 5.76 Å². The van der Waals surface area contributed by atoms with Crippen LogP contribution in [0.25, 0.3) is 0 Å². The van der Waals surface area contributed by atoms with Crippen LogP contribution in [0.3, 0.4) is 0 Å². The van der Waals surface area contributed by atoms with Crippen molar-refractivity contribution in [1.82, 2.24) is 10.2 Å². The van der Waals surface area contributed by atoms with E-state index < -0.39 is 28.7 Å². The maximum Gasteiger partial charge on any atom is 0.327 e. The predicted molar refractivity (Wildman–Crippen MR) is 78.4 cm³/mol. The maximum absolute atomic E-state index is 12.2. The minimum absolute atomic E-state index is 0.140. The standard InChI is InChI=1S/C14H16N2O5S/c1-6-4-5-7(21-6)10(17)15-8-11(18)16-9(13(19)20)14(2,3)22-12(8)16/h4-5,8-9,12H,1-3H3,(H,15,17)(H,19,20)/t8-,9+,12+/m1/s1. The van der Waals surface area contributed by atoms with Crippen LogP contribution >= 0.6 is 11.8 Å². The lowest BCUT2D eigenvalue weighted by Crippen LogP contribution is -2.70. The molecule has 0 aliphatic carbocycles. The van der Waals surface area contributed by atoms with E-state index in [0.717, 1.165) is 0 Å². The number of carbonyl (C=O) groups is 3. The highest BCUT2D eigenvalue weighted by Gasteiger charge is 2.64. The number of furan rings is 1. The van der Waals surface area contributed by atoms with Gasteiger partial charge in [0.05, 0.1) is 0 Å². The van der Waals surface area contributed by atoms with E-state index in [1.165, 1.54) is 22.7 Å². The molecule has 2 saturated heterocycles. The quantitative estimate of drug-likeness (QED) is 0.799. The van der Waals surface area contributed by atoms with Crippen molar-refractivity contribution in [2.75, 3.05) is 0 Å². The van der Waals surface area contributed by atoms with Gasteiger partial charge in [0, 0.05) is 4.75 Å². The molecule has 1 aromatic heterocycles. The van der Waals surface area contributed by atoms with E-state index in [0.29, 0.717) is 5.76 Å². The van der Waals surface area contributed by atoms with Crippen LogP contribution in [0.1, 0.15) is 30.2 Å². The van der Waals surface area contributed by atoms with E-state index in [4.69, 9.17) is 4.42 Å². The van der Waals surface area contributed by atoms with E-state index in [9.17, 15) is 19.5 Å². The second-order valence-corrected chi connectivity index (χ2v) is 7.73. The number of carboxylic acid groups (broad SMARTS) is 1. The average Bonchev–Trinajstić information content (AvgIpc) is 2.95. The molecule has 118 valence electrons. The zero-order valence-electron chi connectivity index (χ0n) is 12.3. The van der Waals surface area contributed by atoms with Crippen LogP contribution in [0.15, 0.2) is 16.5 Å². The van der Waals surface area contributed by atoms with Crippen molar-refractivity contribution in [2.24, 2.45) is 0 Å². The molecule has 2 N–H and O–H groups in total. The number of carbonyl (C=O) groups excluding carboxylic acids is 2. The Morgan fingerprint density at radius 1 is 1.41 bits per heavy atom. The van der Waals surface area contributed by atoms with Gasteiger partial charge in [-0.15, -0.1) is 11.8 Å². The Balaban J connectivity index is 1.75. The number of hydrogen-bond donors (Lipinski definition) is 2. The summed E-state index contributed by atoms with van der Waals surface area (Å²) < 4.78 is 4.62. The minimum Gasteiger partial charge on any atom is -0.480 e. The van der Waals surface area contributed by atoms with E-state index in [-0.39, 0.29) is 17.0 Å². The highest BCUT2D eigenvalue weighted by Crippen LogP contribution is 2.50. The molecule has 0 saturated carbocycles. The van der Waals surface area contributed by atoms with Crippen LogP contribution in [-0.4, -0.2) is 50.0 Å². The third-order valence-corrected chi connectivity index (χ3v) is 5.50. The third kappa shape index (κ3) is 2.09. The summed E-state index contributed by atoms with van der Waals surface area (Å²) in [6, 6.07) is 1.61. The minimum atomic E-state index is -1.03. The van der Waals surface area contributed by atoms with Gasteiger partial charge in [-0.3, -0.25) is 9.59 Å². The molecule has 0 radical (unpaired) electrons. The molecule has 8 heteroatoms. The number of aliphatic carboxylic acids is 1. The summed E-state index contributed by atoms with van der Waals surface area (Å²) in [5.41, 5.74) is 0. The molecule has 22 heavy (non-hydrogen) atoms. The number of rotatable bonds is 3. The molecule has 0 unspecified atom stereocenters. The largest absolute Gasteiger partial charge is 0.480 e. The van der Waals surface area contributed by atoms with Crippen molar-refractivity contribution in [1.29, 1.82) is 0 Å². The number of hydrogen-bond acceptors (Lipinski definition) is 5. The zero-order valence-corrected chi connectivity index (χ0v) is 13.1. The maximum atomic E-state index is 12.2. The number of nitrogens with one attached hydrogen (secondary N) is 1. The summed E-state index contributed by atoms with van der Waals surface area (Å²) in [4.78, 5) is 37.0. The third-order valence-electron chi connectivity index (χ3n) is 3.93. The van der Waals surface area contributed by atoms with Crippen LogP contribution in [0.4, 0.5) is 0 Å². The SMILES string of the molecule is Cc1ccc(C(=O)N[C@@H]2C(=O)N3[C@@H](C(=O)O)C(C)(C)S[C@@H]23)o1. The molecule has 2 aliphatic heterocycles. The number of fused-ring (bicyclic) bond motifs is 1. The number of nitrogens with zero attached hydrogens (tertiary/aromatic N) is 1. The second-order valence-electron chi connectivity index (χ2n) is 5.96. The highest BCUT2D eigenvalue weighted by atomic mass is 32.2. The summed E-state index contributed by atoms with van der Waals surface area (Å²) in [5.74, 6) is -1.12. The van der Waals surface area contributed by atoms with E-state index in [1.54, 1.807) is 26.8 Å². The first-order valence-corrected chi connectivity index (χ1v) is 7.70. The van der Waals surface area contributed by atoms with Crippen LogP contribution in [0.2, 0.25) is 0 Å². The first-order chi connectivity index (χ1) is 10.2. The molecule has 3 atom stereocenters. The summed E-state index contributed by atoms with van der Waals surface area (Å²) in [6.07, 6.45) is 0. The molecule has 0 aromatic carbocycles. The van der Waals surface area contributed by atoms with Crippen molar-refractivity contribution >= 4 is 29.5 Å². The van der Waals surface area contributed by atoms with Gasteiger partial charge in [0.25, 0.3) is 5.91 Å². The first kappa shape index (κ1) is 15.0. The number of thioether (sulfide) groups is 1. The lowest BCUT2D eigenvalue weighted by Gasteiger charge is -2.43. The average molecular weight is 324 g/mol. The van der Waals surface area contributed by atoms with Crippen LogP contribution in [-0.2, 0) is 9.59 Å². The number of amides is 2. The van der Waals surface area contributed by atoms with Gasteiger partial charge >= 0.3 is 5.97 Å². The molecular formula is C14H16N2O5S. The molecule has 7 nitrogen and oxygen atoms in total. The first-order valence-electron chi connectivity index (χ1n) is 6.82. The molecule has 3 rings (SSSR count). The number of aryl methyl sites for hydroxylation is 1. The number of β-lactam (4-membered cyclic amide) rings is 1. The van der Waals surface area contributed by atoms with Crippen LogP contribution < -0.4 is 5.32 Å².